The monoisotopic (exact) mass is 762 g/mol. The van der Waals surface area contributed by atoms with Crippen LogP contribution in [0.5, 0.6) is 0 Å². The normalized spacial score (nSPS) is 19.2. The quantitative estimate of drug-likeness (QED) is 0.118. The molecule has 5 aliphatic rings. The second-order valence-corrected chi connectivity index (χ2v) is 17.6. The molecule has 0 amide bonds. The minimum atomic E-state index is -0.120. The fourth-order valence-corrected chi connectivity index (χ4v) is 10.9. The molecule has 0 saturated heterocycles. The molecule has 0 fully saturated rings. The van der Waals surface area contributed by atoms with Gasteiger partial charge in [-0.15, -0.1) is 6.58 Å². The van der Waals surface area contributed by atoms with Crippen LogP contribution in [0.4, 0.5) is 17.1 Å². The Morgan fingerprint density at radius 2 is 1.58 bits per heavy atom. The van der Waals surface area contributed by atoms with Crippen molar-refractivity contribution in [3.05, 3.63) is 220 Å². The zero-order valence-corrected chi connectivity index (χ0v) is 34.4. The summed E-state index contributed by atoms with van der Waals surface area (Å²) in [6, 6.07) is 43.5. The summed E-state index contributed by atoms with van der Waals surface area (Å²) in [5, 5.41) is 2.77. The van der Waals surface area contributed by atoms with Gasteiger partial charge in [0.05, 0.1) is 0 Å². The van der Waals surface area contributed by atoms with E-state index in [4.69, 9.17) is 0 Å². The molecule has 0 N–H and O–H groups in total. The lowest BCUT2D eigenvalue weighted by Crippen LogP contribution is -2.24. The summed E-state index contributed by atoms with van der Waals surface area (Å²) < 4.78 is 0. The molecule has 0 radical (unpaired) electrons. The molecular formula is C57H50N2. The van der Waals surface area contributed by atoms with Crippen LogP contribution < -0.4 is 9.80 Å². The van der Waals surface area contributed by atoms with Gasteiger partial charge in [0.25, 0.3) is 0 Å². The fraction of sp³-hybridized carbons (Fsp3) is 0.193. The Morgan fingerprint density at radius 3 is 2.47 bits per heavy atom. The number of hydrogen-bond acceptors (Lipinski definition) is 2. The molecule has 2 nitrogen and oxygen atoms in total. The van der Waals surface area contributed by atoms with Crippen molar-refractivity contribution in [2.24, 2.45) is 0 Å². The highest BCUT2D eigenvalue weighted by molar-refractivity contribution is 6.00. The third-order valence-corrected chi connectivity index (χ3v) is 14.0. The Balaban J connectivity index is 0.905. The van der Waals surface area contributed by atoms with Gasteiger partial charge in [0.1, 0.15) is 0 Å². The molecule has 1 aliphatic heterocycles. The van der Waals surface area contributed by atoms with Crippen LogP contribution in [-0.4, -0.2) is 7.05 Å². The van der Waals surface area contributed by atoms with Crippen molar-refractivity contribution in [2.75, 3.05) is 16.8 Å². The predicted molar refractivity (Wildman–Crippen MR) is 251 cm³/mol. The first-order chi connectivity index (χ1) is 28.9. The summed E-state index contributed by atoms with van der Waals surface area (Å²) in [7, 11) is 2.18. The van der Waals surface area contributed by atoms with Crippen molar-refractivity contribution in [3.63, 3.8) is 0 Å². The van der Waals surface area contributed by atoms with E-state index < -0.39 is 0 Å². The van der Waals surface area contributed by atoms with Crippen molar-refractivity contribution < 1.29 is 0 Å². The Morgan fingerprint density at radius 1 is 0.763 bits per heavy atom. The third kappa shape index (κ3) is 5.68. The SMILES string of the molecule is C=CCc1ccccc1N(C)c1ccc2c(c1)C(C)(C)c1cc(/C=C/c3ccc4c5c(cccc35)C3C=C(N5C6=C(CCC=C6)CCc6ccccc65)C=CC43)ccc1-2. The second kappa shape index (κ2) is 13.9. The maximum atomic E-state index is 3.99. The van der Waals surface area contributed by atoms with E-state index in [1.807, 2.05) is 6.08 Å². The third-order valence-electron chi connectivity index (χ3n) is 14.0. The van der Waals surface area contributed by atoms with Gasteiger partial charge in [-0.2, -0.15) is 0 Å². The number of anilines is 3. The lowest BCUT2D eigenvalue weighted by molar-refractivity contribution is 0.660. The van der Waals surface area contributed by atoms with Crippen molar-refractivity contribution in [1.82, 2.24) is 0 Å². The standard InChI is InChI=1S/C57H50N2/c1-5-13-39-14-6-9-19-53(39)58(4)42-28-33-47-46-30-23-37(34-51(46)57(2,3)52(47)36-42)22-24-38-27-31-49-45-32-29-43(35-50(45)48-18-12-17-44(38)56(48)49)59-54-20-10-7-15-40(54)25-26-41-16-8-11-21-55(41)59/h5-7,9-12,14-15,17-24,27-36,45,50H,1,8,13,16,25-26H2,2-4H3/b24-22+. The van der Waals surface area contributed by atoms with E-state index in [9.17, 15) is 0 Å². The summed E-state index contributed by atoms with van der Waals surface area (Å²) >= 11 is 0. The molecule has 6 aromatic carbocycles. The Kier molecular flexibility index (Phi) is 8.41. The van der Waals surface area contributed by atoms with Crippen molar-refractivity contribution in [1.29, 1.82) is 0 Å². The maximum absolute atomic E-state index is 3.99. The van der Waals surface area contributed by atoms with Gasteiger partial charge in [0.2, 0.25) is 0 Å². The minimum absolute atomic E-state index is 0.120. The van der Waals surface area contributed by atoms with Crippen LogP contribution >= 0.6 is 0 Å². The molecule has 6 aromatic rings. The zero-order valence-electron chi connectivity index (χ0n) is 34.4. The van der Waals surface area contributed by atoms with E-state index in [1.54, 1.807) is 5.57 Å². The number of para-hydroxylation sites is 2. The minimum Gasteiger partial charge on any atom is -0.344 e. The first kappa shape index (κ1) is 35.8. The molecule has 0 aromatic heterocycles. The topological polar surface area (TPSA) is 6.48 Å². The van der Waals surface area contributed by atoms with Crippen LogP contribution in [0.15, 0.2) is 175 Å². The largest absolute Gasteiger partial charge is 0.344 e. The average Bonchev–Trinajstić information content (AvgIpc) is 3.63. The maximum Gasteiger partial charge on any atom is 0.0493 e. The summed E-state index contributed by atoms with van der Waals surface area (Å²) in [6.45, 7) is 8.75. The summed E-state index contributed by atoms with van der Waals surface area (Å²) in [5.74, 6) is 0.653. The predicted octanol–water partition coefficient (Wildman–Crippen LogP) is 14.5. The number of fused-ring (bicyclic) bond motifs is 7. The molecule has 2 atom stereocenters. The highest BCUT2D eigenvalue weighted by Crippen LogP contribution is 2.53. The molecule has 0 spiro atoms. The van der Waals surface area contributed by atoms with E-state index in [0.717, 1.165) is 32.1 Å². The first-order valence-electron chi connectivity index (χ1n) is 21.5. The van der Waals surface area contributed by atoms with Crippen molar-refractivity contribution >= 4 is 40.0 Å². The van der Waals surface area contributed by atoms with Gasteiger partial charge in [0.15, 0.2) is 0 Å². The molecule has 11 rings (SSSR count). The highest BCUT2D eigenvalue weighted by Gasteiger charge is 2.37. The Bertz CT molecular complexity index is 2890. The Labute approximate surface area is 349 Å². The molecule has 59 heavy (non-hydrogen) atoms. The molecule has 0 saturated carbocycles. The number of benzene rings is 6. The lowest BCUT2D eigenvalue weighted by atomic mass is 9.81. The van der Waals surface area contributed by atoms with E-state index in [2.05, 4.69) is 195 Å². The van der Waals surface area contributed by atoms with Gasteiger partial charge < -0.3 is 9.80 Å². The van der Waals surface area contributed by atoms with Crippen LogP contribution in [0, 0.1) is 0 Å². The second-order valence-electron chi connectivity index (χ2n) is 17.6. The summed E-state index contributed by atoms with van der Waals surface area (Å²) in [5.41, 5.74) is 21.5. The smallest absolute Gasteiger partial charge is 0.0493 e. The number of aryl methyl sites for hydroxylation is 1. The lowest BCUT2D eigenvalue weighted by Gasteiger charge is -2.33. The van der Waals surface area contributed by atoms with Gasteiger partial charge >= 0.3 is 0 Å². The van der Waals surface area contributed by atoms with Gasteiger partial charge in [-0.1, -0.05) is 141 Å². The van der Waals surface area contributed by atoms with Crippen LogP contribution in [0.2, 0.25) is 0 Å². The van der Waals surface area contributed by atoms with E-state index in [1.165, 1.54) is 94.9 Å². The molecule has 0 bridgehead atoms. The molecular weight excluding hydrogens is 713 g/mol. The van der Waals surface area contributed by atoms with Crippen LogP contribution in [0.25, 0.3) is 34.1 Å². The highest BCUT2D eigenvalue weighted by atomic mass is 15.2. The van der Waals surface area contributed by atoms with Crippen molar-refractivity contribution in [3.8, 4) is 11.1 Å². The first-order valence-corrected chi connectivity index (χ1v) is 21.5. The van der Waals surface area contributed by atoms with Gasteiger partial charge in [0, 0.05) is 52.8 Å². The molecule has 2 unspecified atom stereocenters. The average molecular weight is 763 g/mol. The van der Waals surface area contributed by atoms with Gasteiger partial charge in [-0.3, -0.25) is 0 Å². The number of hydrogen-bond donors (Lipinski definition) is 0. The van der Waals surface area contributed by atoms with E-state index >= 15 is 0 Å². The number of allylic oxidation sites excluding steroid dienone is 7. The van der Waals surface area contributed by atoms with Crippen LogP contribution in [-0.2, 0) is 18.3 Å². The number of rotatable bonds is 7. The number of nitrogens with zero attached hydrogens (tertiary/aromatic N) is 2. The van der Waals surface area contributed by atoms with Crippen LogP contribution in [0.1, 0.15) is 89.5 Å². The van der Waals surface area contributed by atoms with Gasteiger partial charge in [-0.25, -0.2) is 0 Å². The van der Waals surface area contributed by atoms with E-state index in [-0.39, 0.29) is 5.41 Å². The van der Waals surface area contributed by atoms with Gasteiger partial charge in [-0.05, 0) is 141 Å². The fourth-order valence-electron chi connectivity index (χ4n) is 10.9. The van der Waals surface area contributed by atoms with Crippen LogP contribution in [0.3, 0.4) is 0 Å². The summed E-state index contributed by atoms with van der Waals surface area (Å²) in [6.07, 6.45) is 24.2. The molecule has 288 valence electrons. The molecule has 4 aliphatic carbocycles. The van der Waals surface area contributed by atoms with Crippen molar-refractivity contribution in [2.45, 2.75) is 63.2 Å². The molecule has 1 heterocycles. The zero-order chi connectivity index (χ0) is 39.8. The summed E-state index contributed by atoms with van der Waals surface area (Å²) in [4.78, 5) is 4.89. The Hall–Kier alpha value is -6.38. The molecule has 2 heteroatoms. The van der Waals surface area contributed by atoms with E-state index in [0.29, 0.717) is 11.8 Å².